The van der Waals surface area contributed by atoms with Crippen molar-refractivity contribution in [3.8, 4) is 5.69 Å². The summed E-state index contributed by atoms with van der Waals surface area (Å²) in [5, 5.41) is 8.47. The van der Waals surface area contributed by atoms with Crippen molar-refractivity contribution >= 4 is 23.3 Å². The summed E-state index contributed by atoms with van der Waals surface area (Å²) in [7, 11) is 0. The Balaban J connectivity index is 1.93. The minimum Gasteiger partial charge on any atom is -0.322 e. The van der Waals surface area contributed by atoms with Crippen molar-refractivity contribution in [2.24, 2.45) is 0 Å². The second-order valence-electron chi connectivity index (χ2n) is 6.25. The van der Waals surface area contributed by atoms with Crippen molar-refractivity contribution in [1.29, 1.82) is 0 Å². The Kier molecular flexibility index (Phi) is 5.78. The minimum atomic E-state index is -4.74. The molecule has 0 unspecified atom stereocenters. The lowest BCUT2D eigenvalue weighted by molar-refractivity contribution is -0.155. The SMILES string of the molecule is Cc1nn(-c2ccccc2)c(C)c1[C@H](NC(=O)Nc1cccnc1Cl)C(F)(F)F. The maximum atomic E-state index is 13.8. The summed E-state index contributed by atoms with van der Waals surface area (Å²) < 4.78 is 42.9. The van der Waals surface area contributed by atoms with Crippen LogP contribution in [-0.2, 0) is 0 Å². The van der Waals surface area contributed by atoms with Crippen molar-refractivity contribution in [3.63, 3.8) is 0 Å². The first kappa shape index (κ1) is 20.7. The van der Waals surface area contributed by atoms with Crippen molar-refractivity contribution in [3.05, 3.63) is 70.8 Å². The molecule has 152 valence electrons. The molecule has 0 aliphatic rings. The van der Waals surface area contributed by atoms with Crippen molar-refractivity contribution < 1.29 is 18.0 Å². The topological polar surface area (TPSA) is 71.8 Å². The Morgan fingerprint density at radius 3 is 2.45 bits per heavy atom. The van der Waals surface area contributed by atoms with E-state index in [0.717, 1.165) is 0 Å². The molecule has 2 amide bonds. The van der Waals surface area contributed by atoms with E-state index in [1.807, 2.05) is 5.32 Å². The molecule has 1 aromatic carbocycles. The van der Waals surface area contributed by atoms with Gasteiger partial charge in [-0.25, -0.2) is 14.5 Å². The molecule has 3 aromatic rings. The smallest absolute Gasteiger partial charge is 0.322 e. The highest BCUT2D eigenvalue weighted by Crippen LogP contribution is 2.36. The molecule has 1 atom stereocenters. The van der Waals surface area contributed by atoms with Gasteiger partial charge in [0, 0.05) is 17.5 Å². The zero-order chi connectivity index (χ0) is 21.2. The third kappa shape index (κ3) is 4.51. The summed E-state index contributed by atoms with van der Waals surface area (Å²) in [6, 6.07) is 8.40. The molecule has 2 heterocycles. The van der Waals surface area contributed by atoms with Gasteiger partial charge in [0.15, 0.2) is 11.2 Å². The molecule has 0 saturated carbocycles. The number of anilines is 1. The number of hydrogen-bond acceptors (Lipinski definition) is 3. The number of amides is 2. The Morgan fingerprint density at radius 2 is 1.83 bits per heavy atom. The fourth-order valence-corrected chi connectivity index (χ4v) is 3.15. The number of carbonyl (C=O) groups excluding carboxylic acids is 1. The predicted octanol–water partition coefficient (Wildman–Crippen LogP) is 4.96. The van der Waals surface area contributed by atoms with E-state index in [1.165, 1.54) is 36.9 Å². The number of carbonyl (C=O) groups is 1. The van der Waals surface area contributed by atoms with Crippen LogP contribution in [0, 0.1) is 13.8 Å². The van der Waals surface area contributed by atoms with E-state index in [-0.39, 0.29) is 27.8 Å². The largest absolute Gasteiger partial charge is 0.413 e. The first-order valence-electron chi connectivity index (χ1n) is 8.54. The summed E-state index contributed by atoms with van der Waals surface area (Å²) in [4.78, 5) is 16.0. The highest BCUT2D eigenvalue weighted by atomic mass is 35.5. The average Bonchev–Trinajstić information content (AvgIpc) is 2.96. The Labute approximate surface area is 169 Å². The van der Waals surface area contributed by atoms with E-state index >= 15 is 0 Å². The number of halogens is 4. The van der Waals surface area contributed by atoms with Crippen LogP contribution in [0.1, 0.15) is 23.0 Å². The quantitative estimate of drug-likeness (QED) is 0.582. The van der Waals surface area contributed by atoms with Crippen LogP contribution in [0.3, 0.4) is 0 Å². The normalized spacial score (nSPS) is 12.5. The van der Waals surface area contributed by atoms with Gasteiger partial charge in [0.2, 0.25) is 0 Å². The third-order valence-corrected chi connectivity index (χ3v) is 4.55. The minimum absolute atomic E-state index is 0.0320. The molecule has 0 spiro atoms. The lowest BCUT2D eigenvalue weighted by Crippen LogP contribution is -2.41. The molecule has 6 nitrogen and oxygen atoms in total. The number of rotatable bonds is 4. The van der Waals surface area contributed by atoms with E-state index < -0.39 is 18.2 Å². The number of alkyl halides is 3. The number of aromatic nitrogens is 3. The van der Waals surface area contributed by atoms with Gasteiger partial charge in [-0.1, -0.05) is 29.8 Å². The summed E-state index contributed by atoms with van der Waals surface area (Å²) in [6.45, 7) is 3.00. The van der Waals surface area contributed by atoms with E-state index in [1.54, 1.807) is 30.3 Å². The third-order valence-electron chi connectivity index (χ3n) is 4.25. The standard InChI is InChI=1S/C19H17ClF3N5O/c1-11-15(12(2)28(27-11)13-7-4-3-5-8-13)16(19(21,22)23)26-18(29)25-14-9-6-10-24-17(14)20/h3-10,16H,1-2H3,(H2,25,26,29)/t16-/m0/s1. The number of pyridine rings is 1. The first-order valence-corrected chi connectivity index (χ1v) is 8.92. The molecule has 0 radical (unpaired) electrons. The van der Waals surface area contributed by atoms with Crippen LogP contribution >= 0.6 is 11.6 Å². The molecule has 0 aliphatic carbocycles. The average molecular weight is 424 g/mol. The summed E-state index contributed by atoms with van der Waals surface area (Å²) in [6.07, 6.45) is -3.34. The number of para-hydroxylation sites is 1. The highest BCUT2D eigenvalue weighted by Gasteiger charge is 2.44. The molecule has 10 heteroatoms. The zero-order valence-corrected chi connectivity index (χ0v) is 16.2. The molecule has 2 N–H and O–H groups in total. The lowest BCUT2D eigenvalue weighted by Gasteiger charge is -2.22. The van der Waals surface area contributed by atoms with Crippen LogP contribution in [-0.4, -0.2) is 27.0 Å². The molecule has 29 heavy (non-hydrogen) atoms. The van der Waals surface area contributed by atoms with Crippen molar-refractivity contribution in [2.45, 2.75) is 26.1 Å². The molecular formula is C19H17ClF3N5O. The van der Waals surface area contributed by atoms with E-state index in [9.17, 15) is 18.0 Å². The highest BCUT2D eigenvalue weighted by molar-refractivity contribution is 6.32. The van der Waals surface area contributed by atoms with E-state index in [2.05, 4.69) is 15.4 Å². The van der Waals surface area contributed by atoms with Gasteiger partial charge in [-0.15, -0.1) is 0 Å². The van der Waals surface area contributed by atoms with Gasteiger partial charge in [-0.3, -0.25) is 0 Å². The second kappa shape index (κ2) is 8.12. The van der Waals surface area contributed by atoms with Crippen molar-refractivity contribution in [2.75, 3.05) is 5.32 Å². The maximum Gasteiger partial charge on any atom is 0.413 e. The lowest BCUT2D eigenvalue weighted by atomic mass is 10.0. The monoisotopic (exact) mass is 423 g/mol. The van der Waals surface area contributed by atoms with Gasteiger partial charge in [-0.05, 0) is 38.1 Å². The van der Waals surface area contributed by atoms with Crippen LogP contribution in [0.25, 0.3) is 5.69 Å². The number of nitrogens with one attached hydrogen (secondary N) is 2. The zero-order valence-electron chi connectivity index (χ0n) is 15.5. The molecular weight excluding hydrogens is 407 g/mol. The van der Waals surface area contributed by atoms with Gasteiger partial charge >= 0.3 is 12.2 Å². The molecule has 2 aromatic heterocycles. The van der Waals surface area contributed by atoms with E-state index in [4.69, 9.17) is 11.6 Å². The number of benzene rings is 1. The number of nitrogens with zero attached hydrogens (tertiary/aromatic N) is 3. The fraction of sp³-hybridized carbons (Fsp3) is 0.211. The number of aryl methyl sites for hydroxylation is 1. The fourth-order valence-electron chi connectivity index (χ4n) is 2.98. The summed E-state index contributed by atoms with van der Waals surface area (Å²) in [5.41, 5.74) is 1.03. The second-order valence-corrected chi connectivity index (χ2v) is 6.60. The van der Waals surface area contributed by atoms with Crippen molar-refractivity contribution in [1.82, 2.24) is 20.1 Å². The molecule has 0 aliphatic heterocycles. The van der Waals surface area contributed by atoms with Gasteiger partial charge < -0.3 is 10.6 Å². The Bertz CT molecular complexity index is 1020. The summed E-state index contributed by atoms with van der Waals surface area (Å²) in [5.74, 6) is 0. The Morgan fingerprint density at radius 1 is 1.14 bits per heavy atom. The van der Waals surface area contributed by atoms with E-state index in [0.29, 0.717) is 5.69 Å². The van der Waals surface area contributed by atoms with Gasteiger partial charge in [-0.2, -0.15) is 18.3 Å². The Hall–Kier alpha value is -3.07. The van der Waals surface area contributed by atoms with Crippen LogP contribution in [0.15, 0.2) is 48.7 Å². The molecule has 0 fully saturated rings. The number of urea groups is 1. The van der Waals surface area contributed by atoms with Gasteiger partial charge in [0.25, 0.3) is 0 Å². The van der Waals surface area contributed by atoms with Crippen LogP contribution in [0.5, 0.6) is 0 Å². The molecule has 0 saturated heterocycles. The predicted molar refractivity (Wildman–Crippen MR) is 103 cm³/mol. The van der Waals surface area contributed by atoms with Crippen LogP contribution in [0.4, 0.5) is 23.7 Å². The molecule has 0 bridgehead atoms. The molecule has 3 rings (SSSR count). The van der Waals surface area contributed by atoms with Crippen LogP contribution < -0.4 is 10.6 Å². The summed E-state index contributed by atoms with van der Waals surface area (Å²) >= 11 is 5.84. The van der Waals surface area contributed by atoms with Gasteiger partial charge in [0.05, 0.1) is 17.1 Å². The van der Waals surface area contributed by atoms with Gasteiger partial charge in [0.1, 0.15) is 0 Å². The maximum absolute atomic E-state index is 13.8. The first-order chi connectivity index (χ1) is 13.7. The number of hydrogen-bond donors (Lipinski definition) is 2. The van der Waals surface area contributed by atoms with Crippen LogP contribution in [0.2, 0.25) is 5.15 Å².